The zero-order valence-corrected chi connectivity index (χ0v) is 9.86. The quantitative estimate of drug-likeness (QED) is 0.601. The van der Waals surface area contributed by atoms with Gasteiger partial charge in [0.05, 0.1) is 0 Å². The summed E-state index contributed by atoms with van der Waals surface area (Å²) >= 11 is 11.9. The van der Waals surface area contributed by atoms with Crippen LogP contribution in [-0.4, -0.2) is 4.69 Å². The maximum Gasteiger partial charge on any atom is 0.215 e. The minimum absolute atomic E-state index is 0.129. The Bertz CT molecular complexity index is 301. The summed E-state index contributed by atoms with van der Waals surface area (Å²) in [5, 5.41) is 0.590. The molecule has 64 valence electrons. The van der Waals surface area contributed by atoms with Crippen molar-refractivity contribution in [3.8, 4) is 0 Å². The molecule has 0 aliphatic rings. The van der Waals surface area contributed by atoms with Crippen molar-refractivity contribution in [2.75, 3.05) is 0 Å². The molecule has 0 bridgehead atoms. The van der Waals surface area contributed by atoms with Crippen molar-refractivity contribution < 1.29 is 4.79 Å². The third-order valence-corrected chi connectivity index (χ3v) is 3.70. The van der Waals surface area contributed by atoms with Gasteiger partial charge >= 0.3 is 0 Å². The third kappa shape index (κ3) is 2.31. The maximum absolute atomic E-state index is 10.9. The second kappa shape index (κ2) is 4.40. The average molecular weight is 312 g/mol. The molecular formula is C8H5Br2ClO. The summed E-state index contributed by atoms with van der Waals surface area (Å²) in [5.74, 6) is 0. The predicted octanol–water partition coefficient (Wildman–Crippen LogP) is 3.70. The van der Waals surface area contributed by atoms with Gasteiger partial charge in [-0.05, 0) is 27.6 Å². The molecule has 0 aliphatic heterocycles. The highest BCUT2D eigenvalue weighted by Crippen LogP contribution is 2.31. The van der Waals surface area contributed by atoms with Crippen molar-refractivity contribution in [3.05, 3.63) is 34.9 Å². The highest BCUT2D eigenvalue weighted by molar-refractivity contribution is 9.19. The summed E-state index contributed by atoms with van der Waals surface area (Å²) in [4.78, 5) is 10.5. The Morgan fingerprint density at radius 3 is 2.50 bits per heavy atom. The highest BCUT2D eigenvalue weighted by Gasteiger charge is 2.16. The van der Waals surface area contributed by atoms with Crippen molar-refractivity contribution in [2.45, 2.75) is 4.83 Å². The van der Waals surface area contributed by atoms with Crippen molar-refractivity contribution in [2.24, 2.45) is 0 Å². The molecule has 0 radical (unpaired) electrons. The Kier molecular flexibility index (Phi) is 3.75. The van der Waals surface area contributed by atoms with Gasteiger partial charge in [0.2, 0.25) is 4.69 Å². The topological polar surface area (TPSA) is 17.1 Å². The van der Waals surface area contributed by atoms with Gasteiger partial charge in [0.1, 0.15) is 4.83 Å². The zero-order chi connectivity index (χ0) is 9.14. The normalized spacial score (nSPS) is 12.6. The second-order valence-electron chi connectivity index (χ2n) is 2.19. The van der Waals surface area contributed by atoms with E-state index in [1.165, 1.54) is 0 Å². The number of hydrogen-bond acceptors (Lipinski definition) is 1. The number of halogens is 3. The van der Waals surface area contributed by atoms with Crippen LogP contribution in [0, 0.1) is 0 Å². The summed E-state index contributed by atoms with van der Waals surface area (Å²) in [5.41, 5.74) is 0.779. The molecule has 1 rings (SSSR count). The van der Waals surface area contributed by atoms with E-state index in [2.05, 4.69) is 31.9 Å². The van der Waals surface area contributed by atoms with Gasteiger partial charge in [0.25, 0.3) is 0 Å². The molecule has 0 aliphatic carbocycles. The van der Waals surface area contributed by atoms with E-state index >= 15 is 0 Å². The highest BCUT2D eigenvalue weighted by atomic mass is 79.9. The Morgan fingerprint density at radius 2 is 2.00 bits per heavy atom. The lowest BCUT2D eigenvalue weighted by Crippen LogP contribution is -1.97. The predicted molar refractivity (Wildman–Crippen MR) is 57.1 cm³/mol. The molecule has 0 N–H and O–H groups in total. The van der Waals surface area contributed by atoms with E-state index in [0.717, 1.165) is 5.56 Å². The minimum Gasteiger partial charge on any atom is -0.285 e. The Morgan fingerprint density at radius 1 is 1.42 bits per heavy atom. The second-order valence-corrected chi connectivity index (χ2v) is 4.29. The van der Waals surface area contributed by atoms with Crippen molar-refractivity contribution in [1.29, 1.82) is 0 Å². The molecule has 12 heavy (non-hydrogen) atoms. The van der Waals surface area contributed by atoms with Crippen LogP contribution < -0.4 is 0 Å². The fourth-order valence-electron chi connectivity index (χ4n) is 0.803. The summed E-state index contributed by atoms with van der Waals surface area (Å²) in [6, 6.07) is 7.22. The number of benzene rings is 1. The molecule has 0 aromatic heterocycles. The molecule has 1 aromatic rings. The van der Waals surface area contributed by atoms with Crippen LogP contribution in [0.15, 0.2) is 24.3 Å². The van der Waals surface area contributed by atoms with Crippen LogP contribution >= 0.6 is 43.5 Å². The van der Waals surface area contributed by atoms with Crippen LogP contribution in [0.3, 0.4) is 0 Å². The SMILES string of the molecule is O=C(Br)C(Br)c1ccccc1Cl. The van der Waals surface area contributed by atoms with Crippen LogP contribution in [0.2, 0.25) is 5.02 Å². The lowest BCUT2D eigenvalue weighted by molar-refractivity contribution is -0.109. The lowest BCUT2D eigenvalue weighted by atomic mass is 10.2. The largest absolute Gasteiger partial charge is 0.285 e. The number of carbonyl (C=O) groups excluding carboxylic acids is 1. The standard InChI is InChI=1S/C8H5Br2ClO/c9-7(8(10)12)5-3-1-2-4-6(5)11/h1-4,7H. The molecular weight excluding hydrogens is 307 g/mol. The number of alkyl halides is 1. The van der Waals surface area contributed by atoms with Gasteiger partial charge in [0, 0.05) is 5.02 Å². The van der Waals surface area contributed by atoms with Gasteiger partial charge in [-0.15, -0.1) is 0 Å². The number of carbonyl (C=O) groups is 1. The first-order valence-corrected chi connectivity index (χ1v) is 5.29. The smallest absolute Gasteiger partial charge is 0.215 e. The zero-order valence-electron chi connectivity index (χ0n) is 5.93. The lowest BCUT2D eigenvalue weighted by Gasteiger charge is -2.06. The van der Waals surface area contributed by atoms with E-state index in [9.17, 15) is 4.79 Å². The van der Waals surface area contributed by atoms with Crippen molar-refractivity contribution in [1.82, 2.24) is 0 Å². The van der Waals surface area contributed by atoms with Gasteiger partial charge in [-0.1, -0.05) is 45.7 Å². The van der Waals surface area contributed by atoms with Crippen LogP contribution in [-0.2, 0) is 4.79 Å². The average Bonchev–Trinajstić information content (AvgIpc) is 2.04. The van der Waals surface area contributed by atoms with Gasteiger partial charge in [-0.3, -0.25) is 4.79 Å². The van der Waals surface area contributed by atoms with Gasteiger partial charge in [-0.25, -0.2) is 0 Å². The minimum atomic E-state index is -0.369. The third-order valence-electron chi connectivity index (χ3n) is 1.38. The molecule has 0 saturated heterocycles. The van der Waals surface area contributed by atoms with Crippen LogP contribution in [0.4, 0.5) is 0 Å². The van der Waals surface area contributed by atoms with Crippen LogP contribution in [0.25, 0.3) is 0 Å². The van der Waals surface area contributed by atoms with Crippen LogP contribution in [0.5, 0.6) is 0 Å². The van der Waals surface area contributed by atoms with E-state index in [0.29, 0.717) is 5.02 Å². The first kappa shape index (κ1) is 10.2. The summed E-state index contributed by atoms with van der Waals surface area (Å²) < 4.78 is -0.129. The molecule has 0 saturated carbocycles. The summed E-state index contributed by atoms with van der Waals surface area (Å²) in [6.45, 7) is 0. The number of hydrogen-bond donors (Lipinski definition) is 0. The van der Waals surface area contributed by atoms with E-state index in [-0.39, 0.29) is 9.52 Å². The van der Waals surface area contributed by atoms with Crippen LogP contribution in [0.1, 0.15) is 10.4 Å². The Hall–Kier alpha value is 0.140. The first-order chi connectivity index (χ1) is 5.63. The van der Waals surface area contributed by atoms with Gasteiger partial charge < -0.3 is 0 Å². The fraction of sp³-hybridized carbons (Fsp3) is 0.125. The molecule has 0 fully saturated rings. The van der Waals surface area contributed by atoms with Gasteiger partial charge in [-0.2, -0.15) is 0 Å². The molecule has 0 spiro atoms. The van der Waals surface area contributed by atoms with E-state index < -0.39 is 0 Å². The van der Waals surface area contributed by atoms with Crippen molar-refractivity contribution in [3.63, 3.8) is 0 Å². The molecule has 1 atom stereocenters. The van der Waals surface area contributed by atoms with E-state index in [4.69, 9.17) is 11.6 Å². The van der Waals surface area contributed by atoms with E-state index in [1.54, 1.807) is 12.1 Å². The Balaban J connectivity index is 3.02. The molecule has 0 heterocycles. The fourth-order valence-corrected chi connectivity index (χ4v) is 1.83. The maximum atomic E-state index is 10.9. The van der Waals surface area contributed by atoms with Gasteiger partial charge in [0.15, 0.2) is 0 Å². The Labute approximate surface area is 92.4 Å². The van der Waals surface area contributed by atoms with Crippen molar-refractivity contribution >= 4 is 48.2 Å². The molecule has 1 nitrogen and oxygen atoms in total. The summed E-state index contributed by atoms with van der Waals surface area (Å²) in [7, 11) is 0. The first-order valence-electron chi connectivity index (χ1n) is 3.21. The molecule has 4 heteroatoms. The molecule has 1 unspecified atom stereocenters. The molecule has 1 aromatic carbocycles. The summed E-state index contributed by atoms with van der Waals surface area (Å²) in [6.07, 6.45) is 0. The number of rotatable bonds is 2. The molecule has 0 amide bonds. The van der Waals surface area contributed by atoms with E-state index in [1.807, 2.05) is 12.1 Å². The monoisotopic (exact) mass is 310 g/mol.